The third-order valence-corrected chi connectivity index (χ3v) is 4.14. The summed E-state index contributed by atoms with van der Waals surface area (Å²) in [4.78, 5) is 0. The van der Waals surface area contributed by atoms with Crippen molar-refractivity contribution in [3.8, 4) is 0 Å². The van der Waals surface area contributed by atoms with E-state index in [-0.39, 0.29) is 23.4 Å². The third-order valence-electron chi connectivity index (χ3n) is 4.14. The highest BCUT2D eigenvalue weighted by Gasteiger charge is 2.32. The minimum atomic E-state index is -0.279. The van der Waals surface area contributed by atoms with Gasteiger partial charge in [-0.3, -0.25) is 0 Å². The highest BCUT2D eigenvalue weighted by atomic mass is 16.4. The van der Waals surface area contributed by atoms with E-state index < -0.39 is 0 Å². The minimum absolute atomic E-state index is 0.0548. The van der Waals surface area contributed by atoms with Crippen LogP contribution in [0.15, 0.2) is 5.16 Å². The fourth-order valence-corrected chi connectivity index (χ4v) is 2.59. The Hall–Kier alpha value is -0.810. The van der Waals surface area contributed by atoms with Gasteiger partial charge in [-0.15, -0.1) is 0 Å². The molecule has 0 unspecified atom stereocenters. The Morgan fingerprint density at radius 2 is 2.00 bits per heavy atom. The lowest BCUT2D eigenvalue weighted by atomic mass is 9.86. The average Bonchev–Trinajstić information content (AvgIpc) is 2.83. The van der Waals surface area contributed by atoms with Crippen molar-refractivity contribution in [3.05, 3.63) is 0 Å². The lowest BCUT2D eigenvalue weighted by molar-refractivity contribution is 0.163. The second kappa shape index (κ2) is 6.38. The number of hydrogen-bond acceptors (Lipinski definition) is 4. The predicted molar refractivity (Wildman–Crippen MR) is 72.7 cm³/mol. The summed E-state index contributed by atoms with van der Waals surface area (Å²) in [5, 5.41) is 24.7. The molecule has 1 fully saturated rings. The Morgan fingerprint density at radius 3 is 2.50 bits per heavy atom. The van der Waals surface area contributed by atoms with Crippen LogP contribution >= 0.6 is 0 Å². The second-order valence-electron chi connectivity index (χ2n) is 6.05. The highest BCUT2D eigenvalue weighted by molar-refractivity contribution is 5.85. The van der Waals surface area contributed by atoms with Gasteiger partial charge in [0.2, 0.25) is 0 Å². The number of hydrogen-bond donors (Lipinski definition) is 4. The zero-order chi connectivity index (χ0) is 13.6. The fourth-order valence-electron chi connectivity index (χ4n) is 2.59. The van der Waals surface area contributed by atoms with Gasteiger partial charge < -0.3 is 21.4 Å². The molecule has 0 radical (unpaired) electrons. The van der Waals surface area contributed by atoms with Crippen LogP contribution in [-0.4, -0.2) is 34.8 Å². The number of amidine groups is 1. The van der Waals surface area contributed by atoms with Crippen LogP contribution in [0.5, 0.6) is 0 Å². The summed E-state index contributed by atoms with van der Waals surface area (Å²) in [6.45, 7) is 5.03. The summed E-state index contributed by atoms with van der Waals surface area (Å²) < 4.78 is 0. The number of oxime groups is 1. The van der Waals surface area contributed by atoms with Gasteiger partial charge in [0.25, 0.3) is 0 Å². The molecule has 0 aromatic heterocycles. The summed E-state index contributed by atoms with van der Waals surface area (Å²) in [5.74, 6) is 0.278. The molecular weight excluding hydrogens is 230 g/mol. The van der Waals surface area contributed by atoms with Gasteiger partial charge in [0.05, 0.1) is 6.61 Å². The van der Waals surface area contributed by atoms with Gasteiger partial charge >= 0.3 is 0 Å². The number of nitrogens with zero attached hydrogens (tertiary/aromatic N) is 1. The van der Waals surface area contributed by atoms with E-state index in [4.69, 9.17) is 10.9 Å². The molecule has 5 nitrogen and oxygen atoms in total. The van der Waals surface area contributed by atoms with Crippen LogP contribution in [0.25, 0.3) is 0 Å². The molecule has 18 heavy (non-hydrogen) atoms. The number of aliphatic hydroxyl groups is 1. The molecule has 0 bridgehead atoms. The normalized spacial score (nSPS) is 20.3. The first-order valence-corrected chi connectivity index (χ1v) is 6.80. The van der Waals surface area contributed by atoms with E-state index in [0.29, 0.717) is 0 Å². The van der Waals surface area contributed by atoms with E-state index >= 15 is 0 Å². The van der Waals surface area contributed by atoms with Crippen LogP contribution in [0, 0.1) is 5.41 Å². The van der Waals surface area contributed by atoms with Crippen molar-refractivity contribution in [1.82, 2.24) is 5.32 Å². The molecule has 0 spiro atoms. The van der Waals surface area contributed by atoms with E-state index in [1.807, 2.05) is 13.8 Å². The van der Waals surface area contributed by atoms with Crippen molar-refractivity contribution < 1.29 is 10.3 Å². The molecule has 106 valence electrons. The van der Waals surface area contributed by atoms with Crippen LogP contribution in [0.1, 0.15) is 52.4 Å². The summed E-state index contributed by atoms with van der Waals surface area (Å²) in [5.41, 5.74) is 5.31. The smallest absolute Gasteiger partial charge is 0.144 e. The number of rotatable bonds is 7. The molecule has 1 aliphatic carbocycles. The number of nitrogens with one attached hydrogen (secondary N) is 1. The largest absolute Gasteiger partial charge is 0.409 e. The molecule has 0 atom stereocenters. The average molecular weight is 257 g/mol. The first-order chi connectivity index (χ1) is 8.46. The first kappa shape index (κ1) is 15.2. The molecule has 0 aromatic rings. The molecule has 0 aromatic carbocycles. The Morgan fingerprint density at radius 1 is 1.39 bits per heavy atom. The molecule has 0 aliphatic heterocycles. The van der Waals surface area contributed by atoms with Gasteiger partial charge in [0, 0.05) is 11.0 Å². The second-order valence-corrected chi connectivity index (χ2v) is 6.05. The van der Waals surface area contributed by atoms with Gasteiger partial charge in [0.15, 0.2) is 0 Å². The Labute approximate surface area is 109 Å². The van der Waals surface area contributed by atoms with E-state index in [1.54, 1.807) is 0 Å². The maximum atomic E-state index is 9.47. The molecule has 1 aliphatic rings. The molecule has 1 saturated carbocycles. The van der Waals surface area contributed by atoms with Crippen LogP contribution < -0.4 is 11.1 Å². The standard InChI is InChI=1S/C13H27N3O2/c1-12(2,11(14)16-18)6-5-9-15-13(10-17)7-3-4-8-13/h15,17-18H,3-10H2,1-2H3,(H2,14,16). The zero-order valence-electron chi connectivity index (χ0n) is 11.6. The van der Waals surface area contributed by atoms with Gasteiger partial charge in [0.1, 0.15) is 5.84 Å². The van der Waals surface area contributed by atoms with Gasteiger partial charge in [-0.1, -0.05) is 31.8 Å². The quantitative estimate of drug-likeness (QED) is 0.183. The molecule has 5 N–H and O–H groups in total. The fraction of sp³-hybridized carbons (Fsp3) is 0.923. The predicted octanol–water partition coefficient (Wildman–Crippen LogP) is 1.43. The lowest BCUT2D eigenvalue weighted by Gasteiger charge is -2.29. The maximum Gasteiger partial charge on any atom is 0.144 e. The number of aliphatic hydroxyl groups excluding tert-OH is 1. The van der Waals surface area contributed by atoms with E-state index in [0.717, 1.165) is 32.2 Å². The van der Waals surface area contributed by atoms with Crippen molar-refractivity contribution in [2.24, 2.45) is 16.3 Å². The van der Waals surface area contributed by atoms with Gasteiger partial charge in [-0.25, -0.2) is 0 Å². The Kier molecular flexibility index (Phi) is 5.41. The van der Waals surface area contributed by atoms with Crippen LogP contribution in [0.2, 0.25) is 0 Å². The van der Waals surface area contributed by atoms with Gasteiger partial charge in [-0.2, -0.15) is 0 Å². The maximum absolute atomic E-state index is 9.47. The molecule has 0 saturated heterocycles. The van der Waals surface area contributed by atoms with Crippen molar-refractivity contribution in [2.45, 2.75) is 57.9 Å². The Balaban J connectivity index is 2.30. The molecule has 0 amide bonds. The van der Waals surface area contributed by atoms with Crippen molar-refractivity contribution in [3.63, 3.8) is 0 Å². The first-order valence-electron chi connectivity index (χ1n) is 6.80. The highest BCUT2D eigenvalue weighted by Crippen LogP contribution is 2.29. The van der Waals surface area contributed by atoms with E-state index in [1.165, 1.54) is 12.8 Å². The minimum Gasteiger partial charge on any atom is -0.409 e. The summed E-state index contributed by atoms with van der Waals surface area (Å²) in [6, 6.07) is 0. The van der Waals surface area contributed by atoms with Crippen LogP contribution in [0.3, 0.4) is 0 Å². The third kappa shape index (κ3) is 3.85. The number of nitrogens with two attached hydrogens (primary N) is 1. The van der Waals surface area contributed by atoms with E-state index in [2.05, 4.69) is 10.5 Å². The summed E-state index contributed by atoms with van der Waals surface area (Å²) >= 11 is 0. The van der Waals surface area contributed by atoms with Crippen LogP contribution in [-0.2, 0) is 0 Å². The topological polar surface area (TPSA) is 90.9 Å². The van der Waals surface area contributed by atoms with Crippen molar-refractivity contribution in [1.29, 1.82) is 0 Å². The van der Waals surface area contributed by atoms with Crippen molar-refractivity contribution in [2.75, 3.05) is 13.2 Å². The molecule has 0 heterocycles. The summed E-state index contributed by atoms with van der Waals surface area (Å²) in [6.07, 6.45) is 6.33. The molecular formula is C13H27N3O2. The molecule has 5 heteroatoms. The molecule has 1 rings (SSSR count). The SMILES string of the molecule is CC(C)(CCCNC1(CO)CCCC1)C(N)=NO. The van der Waals surface area contributed by atoms with Crippen molar-refractivity contribution >= 4 is 5.84 Å². The van der Waals surface area contributed by atoms with Crippen LogP contribution in [0.4, 0.5) is 0 Å². The lowest BCUT2D eigenvalue weighted by Crippen LogP contribution is -2.46. The zero-order valence-corrected chi connectivity index (χ0v) is 11.6. The summed E-state index contributed by atoms with van der Waals surface area (Å²) in [7, 11) is 0. The van der Waals surface area contributed by atoms with Gasteiger partial charge in [-0.05, 0) is 32.2 Å². The van der Waals surface area contributed by atoms with E-state index in [9.17, 15) is 5.11 Å². The monoisotopic (exact) mass is 257 g/mol. The Bertz CT molecular complexity index is 284.